The third-order valence-electron chi connectivity index (χ3n) is 1.60. The second-order valence-corrected chi connectivity index (χ2v) is 2.53. The summed E-state index contributed by atoms with van der Waals surface area (Å²) in [5.74, 6) is 0.825. The number of aliphatic imine (C=N–C) groups is 1. The summed E-state index contributed by atoms with van der Waals surface area (Å²) in [5, 5.41) is 3.03. The Kier molecular flexibility index (Phi) is 3.58. The van der Waals surface area contributed by atoms with Crippen LogP contribution in [0.4, 0.5) is 0 Å². The zero-order valence-electron chi connectivity index (χ0n) is 7.06. The van der Waals surface area contributed by atoms with E-state index in [0.717, 1.165) is 18.8 Å². The normalized spacial score (nSPS) is 14.0. The Morgan fingerprint density at radius 3 is 2.62 bits per heavy atom. The van der Waals surface area contributed by atoms with E-state index < -0.39 is 0 Å². The summed E-state index contributed by atoms with van der Waals surface area (Å²) in [4.78, 5) is 4.11. The number of hydrogen-bond acceptors (Lipinski definition) is 3. The second-order valence-electron chi connectivity index (χ2n) is 2.53. The maximum atomic E-state index is 5.41. The molecule has 0 unspecified atom stereocenters. The molecule has 0 bridgehead atoms. The number of rotatable bonds is 1. The molecule has 13 heavy (non-hydrogen) atoms. The Morgan fingerprint density at radius 1 is 1.23 bits per heavy atom. The number of amidine groups is 1. The van der Waals surface area contributed by atoms with Crippen molar-refractivity contribution in [3.63, 3.8) is 0 Å². The second kappa shape index (κ2) is 4.72. The van der Waals surface area contributed by atoms with Gasteiger partial charge in [-0.2, -0.15) is 0 Å². The number of ether oxygens (including phenoxy) is 1. The molecular formula is C9H11ClN2O. The van der Waals surface area contributed by atoms with Crippen LogP contribution in [-0.4, -0.2) is 19.1 Å². The highest BCUT2D eigenvalue weighted by molar-refractivity contribution is 5.85. The fraction of sp³-hybridized carbons (Fsp3) is 0.222. The van der Waals surface area contributed by atoms with Gasteiger partial charge in [0.2, 0.25) is 0 Å². The smallest absolute Gasteiger partial charge is 0.290 e. The number of hydrogen-bond donors (Lipinski definition) is 1. The van der Waals surface area contributed by atoms with Gasteiger partial charge in [-0.05, 0) is 12.1 Å². The first kappa shape index (κ1) is 9.86. The highest BCUT2D eigenvalue weighted by Gasteiger charge is 2.05. The molecule has 1 aliphatic heterocycles. The first-order chi connectivity index (χ1) is 5.95. The maximum absolute atomic E-state index is 5.41. The molecule has 0 radical (unpaired) electrons. The van der Waals surface area contributed by atoms with E-state index in [1.807, 2.05) is 30.3 Å². The van der Waals surface area contributed by atoms with Crippen LogP contribution < -0.4 is 10.1 Å². The predicted octanol–water partition coefficient (Wildman–Crippen LogP) is 1.45. The zero-order valence-corrected chi connectivity index (χ0v) is 7.88. The summed E-state index contributed by atoms with van der Waals surface area (Å²) < 4.78 is 5.41. The van der Waals surface area contributed by atoms with Gasteiger partial charge in [0.05, 0.1) is 6.54 Å². The van der Waals surface area contributed by atoms with Crippen molar-refractivity contribution in [2.45, 2.75) is 0 Å². The van der Waals surface area contributed by atoms with Crippen LogP contribution in [0.1, 0.15) is 0 Å². The number of para-hydroxylation sites is 1. The van der Waals surface area contributed by atoms with E-state index in [4.69, 9.17) is 4.74 Å². The van der Waals surface area contributed by atoms with Gasteiger partial charge in [-0.25, -0.2) is 4.99 Å². The molecule has 1 N–H and O–H groups in total. The Bertz CT molecular complexity index is 287. The van der Waals surface area contributed by atoms with Crippen molar-refractivity contribution in [2.75, 3.05) is 13.1 Å². The van der Waals surface area contributed by atoms with Crippen molar-refractivity contribution in [1.29, 1.82) is 0 Å². The predicted molar refractivity (Wildman–Crippen MR) is 54.6 cm³/mol. The number of benzene rings is 1. The number of nitrogens with zero attached hydrogens (tertiary/aromatic N) is 1. The summed E-state index contributed by atoms with van der Waals surface area (Å²) in [6.07, 6.45) is 0. The lowest BCUT2D eigenvalue weighted by Gasteiger charge is -2.03. The molecule has 1 aromatic rings. The topological polar surface area (TPSA) is 33.6 Å². The summed E-state index contributed by atoms with van der Waals surface area (Å²) in [6, 6.07) is 10.3. The molecule has 1 aliphatic rings. The van der Waals surface area contributed by atoms with E-state index in [2.05, 4.69) is 10.3 Å². The third kappa shape index (κ3) is 2.63. The molecule has 2 rings (SSSR count). The quantitative estimate of drug-likeness (QED) is 0.741. The van der Waals surface area contributed by atoms with Gasteiger partial charge < -0.3 is 10.1 Å². The molecule has 0 aromatic heterocycles. The Hall–Kier alpha value is -1.22. The average molecular weight is 199 g/mol. The van der Waals surface area contributed by atoms with Crippen LogP contribution in [0.3, 0.4) is 0 Å². The molecule has 0 amide bonds. The lowest BCUT2D eigenvalue weighted by atomic mass is 10.3. The summed E-state index contributed by atoms with van der Waals surface area (Å²) in [6.45, 7) is 1.68. The molecule has 0 saturated carbocycles. The van der Waals surface area contributed by atoms with Gasteiger partial charge in [0, 0.05) is 6.54 Å². The van der Waals surface area contributed by atoms with Crippen LogP contribution >= 0.6 is 12.4 Å². The molecule has 0 saturated heterocycles. The molecule has 0 atom stereocenters. The summed E-state index contributed by atoms with van der Waals surface area (Å²) in [5.41, 5.74) is 0. The van der Waals surface area contributed by atoms with Gasteiger partial charge >= 0.3 is 0 Å². The fourth-order valence-corrected chi connectivity index (χ4v) is 1.04. The largest absolute Gasteiger partial charge is 0.426 e. The van der Waals surface area contributed by atoms with Crippen molar-refractivity contribution < 1.29 is 4.74 Å². The molecule has 4 heteroatoms. The molecule has 0 aliphatic carbocycles. The fourth-order valence-electron chi connectivity index (χ4n) is 1.04. The maximum Gasteiger partial charge on any atom is 0.290 e. The van der Waals surface area contributed by atoms with E-state index in [9.17, 15) is 0 Å². The third-order valence-corrected chi connectivity index (χ3v) is 1.60. The van der Waals surface area contributed by atoms with Crippen molar-refractivity contribution >= 4 is 18.4 Å². The minimum atomic E-state index is 0. The van der Waals surface area contributed by atoms with Gasteiger partial charge in [-0.3, -0.25) is 0 Å². The van der Waals surface area contributed by atoms with E-state index in [1.54, 1.807) is 0 Å². The minimum absolute atomic E-state index is 0. The van der Waals surface area contributed by atoms with Crippen LogP contribution in [0, 0.1) is 0 Å². The van der Waals surface area contributed by atoms with Crippen LogP contribution in [0.2, 0.25) is 0 Å². The van der Waals surface area contributed by atoms with E-state index in [0.29, 0.717) is 6.02 Å². The first-order valence-corrected chi connectivity index (χ1v) is 3.96. The van der Waals surface area contributed by atoms with Gasteiger partial charge in [0.25, 0.3) is 6.02 Å². The number of nitrogens with one attached hydrogen (secondary N) is 1. The number of halogens is 1. The van der Waals surface area contributed by atoms with Crippen molar-refractivity contribution in [2.24, 2.45) is 4.99 Å². The zero-order chi connectivity index (χ0) is 8.23. The van der Waals surface area contributed by atoms with Crippen LogP contribution in [0.15, 0.2) is 35.3 Å². The van der Waals surface area contributed by atoms with Gasteiger partial charge in [0.15, 0.2) is 0 Å². The van der Waals surface area contributed by atoms with Crippen molar-refractivity contribution in [3.05, 3.63) is 30.3 Å². The van der Waals surface area contributed by atoms with Gasteiger partial charge in [-0.1, -0.05) is 18.2 Å². The van der Waals surface area contributed by atoms with E-state index in [1.165, 1.54) is 0 Å². The minimum Gasteiger partial charge on any atom is -0.426 e. The SMILES string of the molecule is Cl.c1ccc(OC2=NCCN2)cc1. The lowest BCUT2D eigenvalue weighted by molar-refractivity contribution is 0.529. The van der Waals surface area contributed by atoms with Gasteiger partial charge in [-0.15, -0.1) is 12.4 Å². The molecule has 70 valence electrons. The molecule has 1 aromatic carbocycles. The Morgan fingerprint density at radius 2 is 2.00 bits per heavy atom. The molecular weight excluding hydrogens is 188 g/mol. The standard InChI is InChI=1S/C9H10N2O.ClH/c1-2-4-8(5-3-1)12-9-10-6-7-11-9;/h1-5H,6-7H2,(H,10,11);1H. The Labute approximate surface area is 83.2 Å². The highest BCUT2D eigenvalue weighted by atomic mass is 35.5. The highest BCUT2D eigenvalue weighted by Crippen LogP contribution is 2.08. The van der Waals surface area contributed by atoms with Crippen molar-refractivity contribution in [1.82, 2.24) is 5.32 Å². The molecule has 3 nitrogen and oxygen atoms in total. The van der Waals surface area contributed by atoms with Crippen LogP contribution in [0.5, 0.6) is 5.75 Å². The molecule has 0 spiro atoms. The molecule has 0 fully saturated rings. The Balaban J connectivity index is 0.000000845. The first-order valence-electron chi connectivity index (χ1n) is 3.96. The van der Waals surface area contributed by atoms with Crippen LogP contribution in [0.25, 0.3) is 0 Å². The average Bonchev–Trinajstić information content (AvgIpc) is 2.59. The molecule has 1 heterocycles. The van der Waals surface area contributed by atoms with Crippen LogP contribution in [-0.2, 0) is 0 Å². The van der Waals surface area contributed by atoms with E-state index in [-0.39, 0.29) is 12.4 Å². The van der Waals surface area contributed by atoms with E-state index >= 15 is 0 Å². The monoisotopic (exact) mass is 198 g/mol. The van der Waals surface area contributed by atoms with Crippen molar-refractivity contribution in [3.8, 4) is 5.75 Å². The lowest BCUT2D eigenvalue weighted by Crippen LogP contribution is -2.23. The van der Waals surface area contributed by atoms with Gasteiger partial charge in [0.1, 0.15) is 5.75 Å². The summed E-state index contributed by atoms with van der Waals surface area (Å²) >= 11 is 0. The summed E-state index contributed by atoms with van der Waals surface area (Å²) in [7, 11) is 0.